The Bertz CT molecular complexity index is 1580. The molecule has 2 saturated heterocycles. The fourth-order valence-corrected chi connectivity index (χ4v) is 6.73. The van der Waals surface area contributed by atoms with Gasteiger partial charge in [0.25, 0.3) is 0 Å². The van der Waals surface area contributed by atoms with E-state index in [9.17, 15) is 0 Å². The minimum atomic E-state index is -0.357. The van der Waals surface area contributed by atoms with Crippen LogP contribution in [0.4, 0.5) is 11.4 Å². The first-order valence-electron chi connectivity index (χ1n) is 16.5. The molecule has 6 heteroatoms. The Morgan fingerprint density at radius 2 is 0.894 bits per heavy atom. The standard InChI is InChI=1S/C41H42N2O4/c1-6-16-32(17-7-1)28-44-31-37-38(45-29-33-18-8-2-9-19-33)39(46-30-34-20-10-3-11-21-34)40(47-37)41-42(35-22-12-4-13-23-35)26-27-43(41)36-24-14-5-15-25-36/h1-25,37-41H,26-31H2/t37-,38-,39-,40-/m1/s1. The summed E-state index contributed by atoms with van der Waals surface area (Å²) in [4.78, 5) is 4.91. The third-order valence-corrected chi connectivity index (χ3v) is 9.00. The van der Waals surface area contributed by atoms with Crippen LogP contribution < -0.4 is 9.80 Å². The van der Waals surface area contributed by atoms with Gasteiger partial charge in [-0.3, -0.25) is 0 Å². The van der Waals surface area contributed by atoms with Gasteiger partial charge in [-0.15, -0.1) is 0 Å². The van der Waals surface area contributed by atoms with Crippen molar-refractivity contribution in [2.75, 3.05) is 29.5 Å². The molecule has 4 atom stereocenters. The van der Waals surface area contributed by atoms with E-state index in [0.717, 1.165) is 41.2 Å². The van der Waals surface area contributed by atoms with Crippen LogP contribution in [0.5, 0.6) is 0 Å². The number of hydrogen-bond acceptors (Lipinski definition) is 6. The number of nitrogens with zero attached hydrogens (tertiary/aromatic N) is 2. The van der Waals surface area contributed by atoms with Crippen molar-refractivity contribution in [3.05, 3.63) is 168 Å². The number of rotatable bonds is 13. The average Bonchev–Trinajstić information content (AvgIpc) is 3.73. The molecule has 0 spiro atoms. The van der Waals surface area contributed by atoms with Crippen LogP contribution in [0.2, 0.25) is 0 Å². The van der Waals surface area contributed by atoms with Gasteiger partial charge >= 0.3 is 0 Å². The Labute approximate surface area is 278 Å². The molecule has 5 aromatic rings. The summed E-state index contributed by atoms with van der Waals surface area (Å²) < 4.78 is 27.2. The van der Waals surface area contributed by atoms with Gasteiger partial charge in [-0.25, -0.2) is 0 Å². The third kappa shape index (κ3) is 7.58. The van der Waals surface area contributed by atoms with Crippen molar-refractivity contribution in [2.24, 2.45) is 0 Å². The van der Waals surface area contributed by atoms with Crippen molar-refractivity contribution in [1.29, 1.82) is 0 Å². The molecular weight excluding hydrogens is 584 g/mol. The molecular formula is C41H42N2O4. The maximum atomic E-state index is 7.13. The largest absolute Gasteiger partial charge is 0.374 e. The quantitative estimate of drug-likeness (QED) is 0.135. The lowest BCUT2D eigenvalue weighted by Gasteiger charge is -2.38. The van der Waals surface area contributed by atoms with Crippen molar-refractivity contribution < 1.29 is 18.9 Å². The molecule has 2 aliphatic rings. The molecule has 2 aliphatic heterocycles. The molecule has 0 unspecified atom stereocenters. The highest BCUT2D eigenvalue weighted by Crippen LogP contribution is 2.38. The molecule has 0 aliphatic carbocycles. The summed E-state index contributed by atoms with van der Waals surface area (Å²) in [6.45, 7) is 3.52. The van der Waals surface area contributed by atoms with Gasteiger partial charge in [0, 0.05) is 24.5 Å². The molecule has 47 heavy (non-hydrogen) atoms. The Balaban J connectivity index is 1.23. The molecule has 0 aromatic heterocycles. The predicted octanol–water partition coefficient (Wildman–Crippen LogP) is 7.49. The summed E-state index contributed by atoms with van der Waals surface area (Å²) in [5, 5.41) is 0. The summed E-state index contributed by atoms with van der Waals surface area (Å²) in [5.74, 6) is 0. The van der Waals surface area contributed by atoms with E-state index in [1.807, 2.05) is 42.5 Å². The molecule has 2 fully saturated rings. The molecule has 0 bridgehead atoms. The third-order valence-electron chi connectivity index (χ3n) is 9.00. The van der Waals surface area contributed by atoms with Gasteiger partial charge < -0.3 is 28.7 Å². The predicted molar refractivity (Wildman–Crippen MR) is 186 cm³/mol. The van der Waals surface area contributed by atoms with Crippen molar-refractivity contribution in [2.45, 2.75) is 50.4 Å². The lowest BCUT2D eigenvalue weighted by molar-refractivity contribution is -0.0899. The molecule has 6 nitrogen and oxygen atoms in total. The van der Waals surface area contributed by atoms with Crippen molar-refractivity contribution in [3.8, 4) is 0 Å². The second kappa shape index (κ2) is 15.4. The molecule has 240 valence electrons. The smallest absolute Gasteiger partial charge is 0.131 e. The zero-order chi connectivity index (χ0) is 31.7. The van der Waals surface area contributed by atoms with Crippen LogP contribution in [0.15, 0.2) is 152 Å². The highest BCUT2D eigenvalue weighted by Gasteiger charge is 2.54. The van der Waals surface area contributed by atoms with Crippen molar-refractivity contribution in [1.82, 2.24) is 0 Å². The van der Waals surface area contributed by atoms with Crippen molar-refractivity contribution in [3.63, 3.8) is 0 Å². The Morgan fingerprint density at radius 3 is 1.36 bits per heavy atom. The molecule has 7 rings (SSSR count). The minimum absolute atomic E-state index is 0.123. The van der Waals surface area contributed by atoms with Crippen molar-refractivity contribution >= 4 is 11.4 Å². The SMILES string of the molecule is c1ccc(COC[C@H]2O[C@@H](C3N(c4ccccc4)CCN3c3ccccc3)[C@H](OCc3ccccc3)[C@@H]2OCc2ccccc2)cc1. The first kappa shape index (κ1) is 31.2. The first-order chi connectivity index (χ1) is 23.3. The zero-order valence-electron chi connectivity index (χ0n) is 26.6. The zero-order valence-corrected chi connectivity index (χ0v) is 26.6. The molecule has 0 radical (unpaired) electrons. The Morgan fingerprint density at radius 1 is 0.489 bits per heavy atom. The van der Waals surface area contributed by atoms with E-state index in [4.69, 9.17) is 18.9 Å². The topological polar surface area (TPSA) is 43.4 Å². The van der Waals surface area contributed by atoms with Crippen LogP contribution in [0.3, 0.4) is 0 Å². The minimum Gasteiger partial charge on any atom is -0.374 e. The van der Waals surface area contributed by atoms with Crippen LogP contribution >= 0.6 is 0 Å². The van der Waals surface area contributed by atoms with Gasteiger partial charge in [0.2, 0.25) is 0 Å². The Kier molecular flexibility index (Phi) is 10.2. The lowest BCUT2D eigenvalue weighted by atomic mass is 10.0. The molecule has 5 aromatic carbocycles. The van der Waals surface area contributed by atoms with Crippen LogP contribution in [-0.2, 0) is 38.8 Å². The number of ether oxygens (including phenoxy) is 4. The molecule has 0 amide bonds. The van der Waals surface area contributed by atoms with E-state index >= 15 is 0 Å². The van der Waals surface area contributed by atoms with Crippen LogP contribution in [0.1, 0.15) is 16.7 Å². The molecule has 2 heterocycles. The van der Waals surface area contributed by atoms with Crippen LogP contribution in [0.25, 0.3) is 0 Å². The number of para-hydroxylation sites is 2. The summed E-state index contributed by atoms with van der Waals surface area (Å²) >= 11 is 0. The van der Waals surface area contributed by atoms with E-state index in [1.165, 1.54) is 0 Å². The van der Waals surface area contributed by atoms with Gasteiger partial charge in [0.05, 0.1) is 26.4 Å². The summed E-state index contributed by atoms with van der Waals surface area (Å²) in [7, 11) is 0. The second-order valence-corrected chi connectivity index (χ2v) is 12.1. The van der Waals surface area contributed by atoms with Gasteiger partial charge in [0.1, 0.15) is 30.6 Å². The summed E-state index contributed by atoms with van der Waals surface area (Å²) in [6.07, 6.45) is -1.49. The van der Waals surface area contributed by atoms with Gasteiger partial charge in [-0.1, -0.05) is 127 Å². The van der Waals surface area contributed by atoms with Crippen LogP contribution in [-0.4, -0.2) is 50.3 Å². The van der Waals surface area contributed by atoms with E-state index in [2.05, 4.69) is 119 Å². The van der Waals surface area contributed by atoms with Crippen LogP contribution in [0, 0.1) is 0 Å². The van der Waals surface area contributed by atoms with Gasteiger partial charge in [0.15, 0.2) is 0 Å². The van der Waals surface area contributed by atoms with E-state index in [0.29, 0.717) is 26.4 Å². The van der Waals surface area contributed by atoms with E-state index in [-0.39, 0.29) is 30.6 Å². The first-order valence-corrected chi connectivity index (χ1v) is 16.5. The number of hydrogen-bond donors (Lipinski definition) is 0. The summed E-state index contributed by atoms with van der Waals surface area (Å²) in [6, 6.07) is 52.2. The van der Waals surface area contributed by atoms with E-state index in [1.54, 1.807) is 0 Å². The normalized spacial score (nSPS) is 21.4. The molecule has 0 N–H and O–H groups in total. The van der Waals surface area contributed by atoms with E-state index < -0.39 is 0 Å². The Hall–Kier alpha value is -4.46. The fourth-order valence-electron chi connectivity index (χ4n) is 6.73. The second-order valence-electron chi connectivity index (χ2n) is 12.1. The highest BCUT2D eigenvalue weighted by molar-refractivity contribution is 5.57. The fraction of sp³-hybridized carbons (Fsp3) is 0.268. The lowest BCUT2D eigenvalue weighted by Crippen LogP contribution is -2.53. The number of benzene rings is 5. The van der Waals surface area contributed by atoms with Gasteiger partial charge in [-0.2, -0.15) is 0 Å². The maximum Gasteiger partial charge on any atom is 0.131 e. The van der Waals surface area contributed by atoms with Gasteiger partial charge in [-0.05, 0) is 41.0 Å². The highest BCUT2D eigenvalue weighted by atomic mass is 16.6. The average molecular weight is 627 g/mol. The monoisotopic (exact) mass is 626 g/mol. The maximum absolute atomic E-state index is 7.13. The number of anilines is 2. The molecule has 0 saturated carbocycles. The summed E-state index contributed by atoms with van der Waals surface area (Å²) in [5.41, 5.74) is 5.67.